The number of imidazole rings is 1. The number of nitrogens with zero attached hydrogens (tertiary/aromatic N) is 1. The van der Waals surface area contributed by atoms with Crippen LogP contribution in [0.3, 0.4) is 0 Å². The van der Waals surface area contributed by atoms with E-state index in [0.717, 1.165) is 12.0 Å². The minimum atomic E-state index is -1.21. The summed E-state index contributed by atoms with van der Waals surface area (Å²) in [4.78, 5) is 56.9. The Morgan fingerprint density at radius 2 is 1.61 bits per heavy atom. The first-order valence-corrected chi connectivity index (χ1v) is 11.8. The molecule has 9 N–H and O–H groups in total. The fraction of sp³-hybridized carbons (Fsp3) is 0.458. The topological polar surface area (TPSA) is 205 Å². The van der Waals surface area contributed by atoms with Crippen LogP contribution in [0.4, 0.5) is 0 Å². The van der Waals surface area contributed by atoms with E-state index in [2.05, 4.69) is 25.9 Å². The number of carbonyl (C=O) groups is 4. The zero-order valence-corrected chi connectivity index (χ0v) is 20.3. The van der Waals surface area contributed by atoms with Gasteiger partial charge in [0.05, 0.1) is 12.4 Å². The molecule has 196 valence electrons. The van der Waals surface area contributed by atoms with Crippen LogP contribution in [0.5, 0.6) is 0 Å². The van der Waals surface area contributed by atoms with Crippen molar-refractivity contribution in [3.05, 3.63) is 54.1 Å². The standard InChI is InChI=1S/C24H35N7O5/c1-15(24(35)36)29-22(33)19(11-16-7-3-2-4-8-16)31-23(34)20(12-17-13-27-14-28-17)30-21(32)18(26)9-5-6-10-25/h2-4,7-8,13-15,18-20H,5-6,9-12,25-26H2,1H3,(H,27,28)(H,29,33)(H,30,32)(H,31,34)(H,35,36). The first-order chi connectivity index (χ1) is 17.2. The molecule has 4 unspecified atom stereocenters. The second kappa shape index (κ2) is 14.6. The number of aromatic nitrogens is 2. The Morgan fingerprint density at radius 3 is 2.22 bits per heavy atom. The van der Waals surface area contributed by atoms with E-state index in [1.165, 1.54) is 19.4 Å². The second-order valence-electron chi connectivity index (χ2n) is 8.55. The van der Waals surface area contributed by atoms with Gasteiger partial charge in [0.1, 0.15) is 18.1 Å². The van der Waals surface area contributed by atoms with Crippen molar-refractivity contribution >= 4 is 23.7 Å². The van der Waals surface area contributed by atoms with E-state index in [1.54, 1.807) is 24.3 Å². The van der Waals surface area contributed by atoms with Crippen LogP contribution < -0.4 is 27.4 Å². The van der Waals surface area contributed by atoms with E-state index >= 15 is 0 Å². The number of amides is 3. The fourth-order valence-corrected chi connectivity index (χ4v) is 3.45. The number of carbonyl (C=O) groups excluding carboxylic acids is 3. The van der Waals surface area contributed by atoms with Crippen molar-refractivity contribution in [3.63, 3.8) is 0 Å². The molecular formula is C24H35N7O5. The van der Waals surface area contributed by atoms with Crippen molar-refractivity contribution in [2.24, 2.45) is 11.5 Å². The quantitative estimate of drug-likeness (QED) is 0.154. The van der Waals surface area contributed by atoms with Crippen LogP contribution in [0, 0.1) is 0 Å². The van der Waals surface area contributed by atoms with Crippen molar-refractivity contribution in [2.75, 3.05) is 6.54 Å². The van der Waals surface area contributed by atoms with Gasteiger partial charge >= 0.3 is 5.97 Å². The lowest BCUT2D eigenvalue weighted by atomic mass is 10.0. The van der Waals surface area contributed by atoms with Crippen LogP contribution in [0.25, 0.3) is 0 Å². The SMILES string of the molecule is CC(NC(=O)C(Cc1ccccc1)NC(=O)C(Cc1cnc[nH]1)NC(=O)C(N)CCCCN)C(=O)O. The summed E-state index contributed by atoms with van der Waals surface area (Å²) in [5.41, 5.74) is 12.8. The molecule has 0 aliphatic rings. The smallest absolute Gasteiger partial charge is 0.325 e. The summed E-state index contributed by atoms with van der Waals surface area (Å²) < 4.78 is 0. The predicted molar refractivity (Wildman–Crippen MR) is 132 cm³/mol. The van der Waals surface area contributed by atoms with Gasteiger partial charge in [0.15, 0.2) is 0 Å². The molecule has 2 rings (SSSR count). The third kappa shape index (κ3) is 9.47. The molecule has 0 spiro atoms. The number of hydrogen-bond acceptors (Lipinski definition) is 7. The number of H-pyrrole nitrogens is 1. The number of carboxylic acid groups (broad SMARTS) is 1. The molecular weight excluding hydrogens is 466 g/mol. The lowest BCUT2D eigenvalue weighted by molar-refractivity contribution is -0.141. The average Bonchev–Trinajstić information content (AvgIpc) is 3.36. The van der Waals surface area contributed by atoms with Crippen LogP contribution in [-0.4, -0.2) is 69.5 Å². The van der Waals surface area contributed by atoms with Crippen LogP contribution in [-0.2, 0) is 32.0 Å². The van der Waals surface area contributed by atoms with Gasteiger partial charge in [0, 0.05) is 24.7 Å². The summed E-state index contributed by atoms with van der Waals surface area (Å²) in [5, 5.41) is 16.9. The maximum atomic E-state index is 13.3. The van der Waals surface area contributed by atoms with Crippen molar-refractivity contribution in [3.8, 4) is 0 Å². The molecule has 12 nitrogen and oxygen atoms in total. The highest BCUT2D eigenvalue weighted by molar-refractivity contribution is 5.94. The van der Waals surface area contributed by atoms with Gasteiger partial charge in [-0.05, 0) is 31.9 Å². The minimum Gasteiger partial charge on any atom is -0.480 e. The molecule has 0 aliphatic heterocycles. The van der Waals surface area contributed by atoms with Crippen molar-refractivity contribution in [2.45, 2.75) is 63.2 Å². The van der Waals surface area contributed by atoms with Crippen LogP contribution >= 0.6 is 0 Å². The van der Waals surface area contributed by atoms with E-state index < -0.39 is 47.9 Å². The van der Waals surface area contributed by atoms with Gasteiger partial charge in [-0.15, -0.1) is 0 Å². The molecule has 1 aromatic heterocycles. The lowest BCUT2D eigenvalue weighted by Crippen LogP contribution is -2.58. The number of nitrogens with two attached hydrogens (primary N) is 2. The Hall–Kier alpha value is -3.77. The van der Waals surface area contributed by atoms with Gasteiger partial charge in [0.2, 0.25) is 17.7 Å². The summed E-state index contributed by atoms with van der Waals surface area (Å²) >= 11 is 0. The molecule has 12 heteroatoms. The molecule has 0 bridgehead atoms. The highest BCUT2D eigenvalue weighted by atomic mass is 16.4. The second-order valence-corrected chi connectivity index (χ2v) is 8.55. The molecule has 2 aromatic rings. The van der Waals surface area contributed by atoms with E-state index in [1.807, 2.05) is 6.07 Å². The summed E-state index contributed by atoms with van der Waals surface area (Å²) in [6, 6.07) is 4.86. The normalized spacial score (nSPS) is 14.2. The zero-order chi connectivity index (χ0) is 26.5. The highest BCUT2D eigenvalue weighted by Crippen LogP contribution is 2.07. The number of hydrogen-bond donors (Lipinski definition) is 7. The van der Waals surface area contributed by atoms with E-state index in [0.29, 0.717) is 25.1 Å². The number of aliphatic carboxylic acids is 1. The maximum Gasteiger partial charge on any atom is 0.325 e. The van der Waals surface area contributed by atoms with Crippen molar-refractivity contribution in [1.82, 2.24) is 25.9 Å². The maximum absolute atomic E-state index is 13.3. The summed E-state index contributed by atoms with van der Waals surface area (Å²) in [6.45, 7) is 1.82. The first-order valence-electron chi connectivity index (χ1n) is 11.8. The lowest BCUT2D eigenvalue weighted by Gasteiger charge is -2.24. The molecule has 0 aliphatic carbocycles. The van der Waals surface area contributed by atoms with Gasteiger partial charge < -0.3 is 37.5 Å². The Labute approximate surface area is 209 Å². The van der Waals surface area contributed by atoms with Gasteiger partial charge in [-0.25, -0.2) is 4.98 Å². The number of nitrogens with one attached hydrogen (secondary N) is 4. The monoisotopic (exact) mass is 501 g/mol. The Kier molecular flexibility index (Phi) is 11.5. The number of carboxylic acids is 1. The van der Waals surface area contributed by atoms with Crippen LogP contribution in [0.2, 0.25) is 0 Å². The number of rotatable bonds is 15. The van der Waals surface area contributed by atoms with E-state index in [9.17, 15) is 19.2 Å². The predicted octanol–water partition coefficient (Wildman–Crippen LogP) is -0.790. The minimum absolute atomic E-state index is 0.0816. The average molecular weight is 502 g/mol. The molecule has 0 saturated heterocycles. The van der Waals surface area contributed by atoms with Gasteiger partial charge in [-0.3, -0.25) is 19.2 Å². The number of benzene rings is 1. The summed E-state index contributed by atoms with van der Waals surface area (Å²) in [5.74, 6) is -2.99. The summed E-state index contributed by atoms with van der Waals surface area (Å²) in [7, 11) is 0. The first kappa shape index (κ1) is 28.5. The number of aromatic amines is 1. The van der Waals surface area contributed by atoms with E-state index in [4.69, 9.17) is 16.6 Å². The highest BCUT2D eigenvalue weighted by Gasteiger charge is 2.30. The van der Waals surface area contributed by atoms with Gasteiger partial charge in [-0.2, -0.15) is 0 Å². The molecule has 0 fully saturated rings. The Bertz CT molecular complexity index is 984. The molecule has 3 amide bonds. The molecule has 4 atom stereocenters. The third-order valence-electron chi connectivity index (χ3n) is 5.56. The number of unbranched alkanes of at least 4 members (excludes halogenated alkanes) is 1. The zero-order valence-electron chi connectivity index (χ0n) is 20.3. The largest absolute Gasteiger partial charge is 0.480 e. The Morgan fingerprint density at radius 1 is 0.972 bits per heavy atom. The molecule has 36 heavy (non-hydrogen) atoms. The molecule has 0 radical (unpaired) electrons. The third-order valence-corrected chi connectivity index (χ3v) is 5.56. The molecule has 1 heterocycles. The Balaban J connectivity index is 2.19. The van der Waals surface area contributed by atoms with Crippen molar-refractivity contribution in [1.29, 1.82) is 0 Å². The van der Waals surface area contributed by atoms with Gasteiger partial charge in [0.25, 0.3) is 0 Å². The molecule has 0 saturated carbocycles. The van der Waals surface area contributed by atoms with Crippen molar-refractivity contribution < 1.29 is 24.3 Å². The molecule has 1 aromatic carbocycles. The fourth-order valence-electron chi connectivity index (χ4n) is 3.45. The summed E-state index contributed by atoms with van der Waals surface area (Å²) in [6.07, 6.45) is 4.98. The van der Waals surface area contributed by atoms with Gasteiger partial charge in [-0.1, -0.05) is 36.8 Å². The van der Waals surface area contributed by atoms with E-state index in [-0.39, 0.29) is 12.8 Å². The van der Waals surface area contributed by atoms with Crippen LogP contribution in [0.15, 0.2) is 42.9 Å². The van der Waals surface area contributed by atoms with Crippen LogP contribution in [0.1, 0.15) is 37.4 Å².